The molecule has 0 bridgehead atoms. The highest BCUT2D eigenvalue weighted by atomic mass is 16.5. The summed E-state index contributed by atoms with van der Waals surface area (Å²) in [5.74, 6) is 3.37. The van der Waals surface area contributed by atoms with Gasteiger partial charge in [0, 0.05) is 42.2 Å². The van der Waals surface area contributed by atoms with E-state index in [1.807, 2.05) is 55.1 Å². The van der Waals surface area contributed by atoms with Gasteiger partial charge in [-0.3, -0.25) is 9.89 Å². The van der Waals surface area contributed by atoms with Crippen molar-refractivity contribution in [2.45, 2.75) is 33.1 Å². The second-order valence-corrected chi connectivity index (χ2v) is 8.04. The number of aromatic amines is 1. The topological polar surface area (TPSA) is 96.0 Å². The Morgan fingerprint density at radius 1 is 1.19 bits per heavy atom. The molecule has 0 aliphatic carbocycles. The van der Waals surface area contributed by atoms with E-state index in [9.17, 15) is 4.79 Å². The number of nitrogens with zero attached hydrogens (tertiary/aromatic N) is 4. The van der Waals surface area contributed by atoms with Gasteiger partial charge in [0.2, 0.25) is 0 Å². The fraction of sp³-hybridized carbons (Fsp3) is 0.391. The van der Waals surface area contributed by atoms with Gasteiger partial charge in [0.1, 0.15) is 17.4 Å². The van der Waals surface area contributed by atoms with Gasteiger partial charge < -0.3 is 15.0 Å². The maximum absolute atomic E-state index is 13.0. The zero-order chi connectivity index (χ0) is 21.8. The number of hydrogen-bond donors (Lipinski definition) is 2. The van der Waals surface area contributed by atoms with Gasteiger partial charge in [0.15, 0.2) is 5.82 Å². The fourth-order valence-electron chi connectivity index (χ4n) is 4.04. The number of aryl methyl sites for hydroxylation is 2. The van der Waals surface area contributed by atoms with Crippen LogP contribution in [0.4, 0.5) is 11.6 Å². The number of piperidine rings is 1. The van der Waals surface area contributed by atoms with E-state index < -0.39 is 0 Å². The SMILES string of the molecule is COc1ccc(C(=O)N2CCC[C@@H](Cc3cc(Nc4cc(C)[nH]n4)nc(C)n3)C2)cc1. The van der Waals surface area contributed by atoms with Crippen LogP contribution in [0, 0.1) is 19.8 Å². The summed E-state index contributed by atoms with van der Waals surface area (Å²) in [7, 11) is 1.62. The molecule has 1 saturated heterocycles. The van der Waals surface area contributed by atoms with E-state index in [1.165, 1.54) is 0 Å². The predicted octanol–water partition coefficient (Wildman–Crippen LogP) is 3.66. The number of aromatic nitrogens is 4. The second kappa shape index (κ2) is 9.16. The number of benzene rings is 1. The molecule has 8 heteroatoms. The molecule has 8 nitrogen and oxygen atoms in total. The summed E-state index contributed by atoms with van der Waals surface area (Å²) in [5.41, 5.74) is 2.66. The van der Waals surface area contributed by atoms with Crippen LogP contribution in [-0.4, -0.2) is 51.2 Å². The molecule has 162 valence electrons. The van der Waals surface area contributed by atoms with Crippen LogP contribution in [0.5, 0.6) is 5.75 Å². The van der Waals surface area contributed by atoms with E-state index >= 15 is 0 Å². The Bertz CT molecular complexity index is 1050. The zero-order valence-electron chi connectivity index (χ0n) is 18.2. The molecule has 1 aromatic carbocycles. The highest BCUT2D eigenvalue weighted by Gasteiger charge is 2.25. The first kappa shape index (κ1) is 20.8. The van der Waals surface area contributed by atoms with Crippen molar-refractivity contribution in [1.82, 2.24) is 25.1 Å². The normalized spacial score (nSPS) is 16.2. The molecular weight excluding hydrogens is 392 g/mol. The van der Waals surface area contributed by atoms with Crippen LogP contribution in [0.1, 0.15) is 40.4 Å². The van der Waals surface area contributed by atoms with Crippen LogP contribution >= 0.6 is 0 Å². The van der Waals surface area contributed by atoms with Crippen molar-refractivity contribution in [3.05, 3.63) is 59.2 Å². The zero-order valence-corrected chi connectivity index (χ0v) is 18.2. The highest BCUT2D eigenvalue weighted by molar-refractivity contribution is 5.94. The number of H-pyrrole nitrogens is 1. The Labute approximate surface area is 182 Å². The molecule has 4 rings (SSSR count). The third-order valence-corrected chi connectivity index (χ3v) is 5.49. The minimum absolute atomic E-state index is 0.0717. The third-order valence-electron chi connectivity index (χ3n) is 5.49. The molecule has 31 heavy (non-hydrogen) atoms. The Kier molecular flexibility index (Phi) is 6.16. The summed E-state index contributed by atoms with van der Waals surface area (Å²) < 4.78 is 5.19. The van der Waals surface area contributed by atoms with Crippen LogP contribution in [0.15, 0.2) is 36.4 Å². The third kappa shape index (κ3) is 5.20. The van der Waals surface area contributed by atoms with E-state index in [0.717, 1.165) is 61.1 Å². The minimum Gasteiger partial charge on any atom is -0.497 e. The average Bonchev–Trinajstić information content (AvgIpc) is 3.17. The average molecular weight is 421 g/mol. The molecule has 1 atom stereocenters. The van der Waals surface area contributed by atoms with Gasteiger partial charge in [-0.2, -0.15) is 5.10 Å². The van der Waals surface area contributed by atoms with E-state index in [4.69, 9.17) is 4.74 Å². The summed E-state index contributed by atoms with van der Waals surface area (Å²) in [6.45, 7) is 5.37. The largest absolute Gasteiger partial charge is 0.497 e. The van der Waals surface area contributed by atoms with E-state index in [2.05, 4.69) is 25.5 Å². The smallest absolute Gasteiger partial charge is 0.253 e. The first-order valence-corrected chi connectivity index (χ1v) is 10.6. The molecule has 0 saturated carbocycles. The number of carbonyl (C=O) groups is 1. The van der Waals surface area contributed by atoms with Crippen LogP contribution in [0.25, 0.3) is 0 Å². The molecular formula is C23H28N6O2. The maximum Gasteiger partial charge on any atom is 0.253 e. The summed E-state index contributed by atoms with van der Waals surface area (Å²) in [6.07, 6.45) is 2.88. The maximum atomic E-state index is 13.0. The number of nitrogens with one attached hydrogen (secondary N) is 2. The molecule has 3 heterocycles. The molecule has 2 aromatic heterocycles. The monoisotopic (exact) mass is 420 g/mol. The number of methoxy groups -OCH3 is 1. The molecule has 2 N–H and O–H groups in total. The van der Waals surface area contributed by atoms with Gasteiger partial charge in [0.05, 0.1) is 7.11 Å². The molecule has 1 aliphatic heterocycles. The molecule has 3 aromatic rings. The number of hydrogen-bond acceptors (Lipinski definition) is 6. The van der Waals surface area contributed by atoms with Gasteiger partial charge >= 0.3 is 0 Å². The van der Waals surface area contributed by atoms with Gasteiger partial charge in [-0.05, 0) is 63.3 Å². The van der Waals surface area contributed by atoms with Crippen molar-refractivity contribution in [3.63, 3.8) is 0 Å². The van der Waals surface area contributed by atoms with Crippen LogP contribution in [0.2, 0.25) is 0 Å². The van der Waals surface area contributed by atoms with Gasteiger partial charge in [-0.1, -0.05) is 0 Å². The van der Waals surface area contributed by atoms with Crippen molar-refractivity contribution >= 4 is 17.5 Å². The van der Waals surface area contributed by atoms with Crippen molar-refractivity contribution in [2.24, 2.45) is 5.92 Å². The molecule has 1 fully saturated rings. The number of rotatable bonds is 6. The van der Waals surface area contributed by atoms with Crippen molar-refractivity contribution < 1.29 is 9.53 Å². The van der Waals surface area contributed by atoms with Crippen molar-refractivity contribution in [3.8, 4) is 5.75 Å². The predicted molar refractivity (Wildman–Crippen MR) is 119 cm³/mol. The lowest BCUT2D eigenvalue weighted by atomic mass is 9.92. The first-order valence-electron chi connectivity index (χ1n) is 10.6. The lowest BCUT2D eigenvalue weighted by molar-refractivity contribution is 0.0672. The minimum atomic E-state index is 0.0717. The molecule has 0 unspecified atom stereocenters. The second-order valence-electron chi connectivity index (χ2n) is 8.04. The number of amides is 1. The number of carbonyl (C=O) groups excluding carboxylic acids is 1. The van der Waals surface area contributed by atoms with E-state index in [1.54, 1.807) is 7.11 Å². The van der Waals surface area contributed by atoms with Crippen molar-refractivity contribution in [1.29, 1.82) is 0 Å². The van der Waals surface area contributed by atoms with Gasteiger partial charge in [-0.25, -0.2) is 9.97 Å². The Hall–Kier alpha value is -3.42. The Balaban J connectivity index is 1.42. The summed E-state index contributed by atoms with van der Waals surface area (Å²) in [6, 6.07) is 11.2. The fourth-order valence-corrected chi connectivity index (χ4v) is 4.04. The molecule has 0 radical (unpaired) electrons. The van der Waals surface area contributed by atoms with E-state index in [-0.39, 0.29) is 5.91 Å². The van der Waals surface area contributed by atoms with Gasteiger partial charge in [-0.15, -0.1) is 0 Å². The molecule has 1 aliphatic rings. The lowest BCUT2D eigenvalue weighted by Gasteiger charge is -2.33. The highest BCUT2D eigenvalue weighted by Crippen LogP contribution is 2.24. The van der Waals surface area contributed by atoms with Crippen LogP contribution < -0.4 is 10.1 Å². The van der Waals surface area contributed by atoms with E-state index in [0.29, 0.717) is 17.3 Å². The van der Waals surface area contributed by atoms with Crippen LogP contribution in [-0.2, 0) is 6.42 Å². The molecule has 0 spiro atoms. The lowest BCUT2D eigenvalue weighted by Crippen LogP contribution is -2.40. The van der Waals surface area contributed by atoms with Crippen LogP contribution in [0.3, 0.4) is 0 Å². The number of ether oxygens (including phenoxy) is 1. The molecule has 1 amide bonds. The summed E-state index contributed by atoms with van der Waals surface area (Å²) in [5, 5.41) is 10.4. The number of likely N-dealkylation sites (tertiary alicyclic amines) is 1. The standard InChI is InChI=1S/C23H28N6O2/c1-15-11-22(28-27-15)26-21-13-19(24-16(2)25-21)12-17-5-4-10-29(14-17)23(30)18-6-8-20(31-3)9-7-18/h6-9,11,13,17H,4-5,10,12,14H2,1-3H3,(H2,24,25,26,27,28)/t17-/m0/s1. The summed E-state index contributed by atoms with van der Waals surface area (Å²) in [4.78, 5) is 24.0. The number of anilines is 2. The van der Waals surface area contributed by atoms with Gasteiger partial charge in [0.25, 0.3) is 5.91 Å². The Morgan fingerprint density at radius 2 is 2.00 bits per heavy atom. The quantitative estimate of drug-likeness (QED) is 0.632. The Morgan fingerprint density at radius 3 is 2.71 bits per heavy atom. The first-order chi connectivity index (χ1) is 15.0. The van der Waals surface area contributed by atoms with Crippen molar-refractivity contribution in [2.75, 3.05) is 25.5 Å². The summed E-state index contributed by atoms with van der Waals surface area (Å²) >= 11 is 0.